The van der Waals surface area contributed by atoms with Crippen LogP contribution < -0.4 is 0 Å². The number of nitro benzene ring substituents is 1. The van der Waals surface area contributed by atoms with Crippen LogP contribution in [0.3, 0.4) is 0 Å². The molecule has 0 aliphatic carbocycles. The molecule has 0 radical (unpaired) electrons. The number of rotatable bonds is 9. The lowest BCUT2D eigenvalue weighted by atomic mass is 9.79. The summed E-state index contributed by atoms with van der Waals surface area (Å²) in [5.74, 6) is -1.92. The van der Waals surface area contributed by atoms with Crippen LogP contribution in [0, 0.1) is 10.1 Å². The van der Waals surface area contributed by atoms with Gasteiger partial charge >= 0.3 is 11.9 Å². The summed E-state index contributed by atoms with van der Waals surface area (Å²) in [7, 11) is 0. The third-order valence-electron chi connectivity index (χ3n) is 6.41. The Balaban J connectivity index is 2.15. The molecule has 0 spiro atoms. The fourth-order valence-corrected chi connectivity index (χ4v) is 4.79. The molecule has 0 saturated carbocycles. The number of esters is 2. The lowest BCUT2D eigenvalue weighted by Crippen LogP contribution is -2.39. The van der Waals surface area contributed by atoms with Crippen molar-refractivity contribution in [1.29, 1.82) is 0 Å². The minimum Gasteiger partial charge on any atom is -0.463 e. The Hall–Kier alpha value is -3.20. The number of ether oxygens (including phenoxy) is 2. The normalized spacial score (nSPS) is 17.4. The molecule has 1 aromatic rings. The minimum atomic E-state index is -0.832. The van der Waals surface area contributed by atoms with E-state index in [4.69, 9.17) is 9.47 Å². The molecule has 0 amide bonds. The van der Waals surface area contributed by atoms with Gasteiger partial charge in [0.25, 0.3) is 5.69 Å². The van der Waals surface area contributed by atoms with Crippen LogP contribution >= 0.6 is 0 Å². The van der Waals surface area contributed by atoms with Gasteiger partial charge in [-0.15, -0.1) is 0 Å². The van der Waals surface area contributed by atoms with Gasteiger partial charge in [-0.2, -0.15) is 0 Å². The fourth-order valence-electron chi connectivity index (χ4n) is 4.79. The van der Waals surface area contributed by atoms with E-state index >= 15 is 0 Å². The number of benzene rings is 1. The Morgan fingerprint density at radius 3 is 2.06 bits per heavy atom. The highest BCUT2D eigenvalue weighted by molar-refractivity contribution is 6.00. The maximum absolute atomic E-state index is 13.2. The number of carbonyl (C=O) groups excluding carboxylic acids is 2. The Morgan fingerprint density at radius 2 is 1.56 bits per heavy atom. The van der Waals surface area contributed by atoms with Gasteiger partial charge in [0.05, 0.1) is 35.2 Å². The van der Waals surface area contributed by atoms with Crippen LogP contribution in [0.15, 0.2) is 46.8 Å². The molecule has 184 valence electrons. The zero-order valence-electron chi connectivity index (χ0n) is 20.3. The molecule has 9 nitrogen and oxygen atoms in total. The van der Waals surface area contributed by atoms with Crippen molar-refractivity contribution in [2.45, 2.75) is 46.5 Å². The molecule has 34 heavy (non-hydrogen) atoms. The number of allylic oxidation sites excluding steroid dienone is 2. The van der Waals surface area contributed by atoms with Gasteiger partial charge in [0, 0.05) is 36.6 Å². The number of nitro groups is 1. The summed E-state index contributed by atoms with van der Waals surface area (Å²) in [5.41, 5.74) is 2.32. The van der Waals surface area contributed by atoms with E-state index in [0.29, 0.717) is 34.6 Å². The summed E-state index contributed by atoms with van der Waals surface area (Å²) in [4.78, 5) is 41.7. The molecule has 2 heterocycles. The lowest BCUT2D eigenvalue weighted by Gasteiger charge is -2.38. The first kappa shape index (κ1) is 25.4. The van der Waals surface area contributed by atoms with Crippen LogP contribution in [-0.2, 0) is 19.1 Å². The predicted molar refractivity (Wildman–Crippen MR) is 127 cm³/mol. The average Bonchev–Trinajstić information content (AvgIpc) is 3.32. The van der Waals surface area contributed by atoms with Crippen molar-refractivity contribution in [2.75, 3.05) is 39.4 Å². The van der Waals surface area contributed by atoms with Gasteiger partial charge in [0.15, 0.2) is 0 Å². The molecule has 0 N–H and O–H groups in total. The van der Waals surface area contributed by atoms with Crippen molar-refractivity contribution >= 4 is 17.6 Å². The van der Waals surface area contributed by atoms with E-state index in [1.165, 1.54) is 25.0 Å². The van der Waals surface area contributed by atoms with Crippen LogP contribution in [0.5, 0.6) is 0 Å². The SMILES string of the molecule is CCOC(=O)C1=C(C)N(CCN2CCCC2)C(C)=C(C(=O)OCC)C1c1cccc([N+](=O)[O-])c1. The highest BCUT2D eigenvalue weighted by Gasteiger charge is 2.41. The highest BCUT2D eigenvalue weighted by atomic mass is 16.6. The molecule has 1 fully saturated rings. The molecule has 3 rings (SSSR count). The predicted octanol–water partition coefficient (Wildman–Crippen LogP) is 3.76. The Bertz CT molecular complexity index is 968. The van der Waals surface area contributed by atoms with E-state index < -0.39 is 22.8 Å². The Kier molecular flexibility index (Phi) is 8.44. The van der Waals surface area contributed by atoms with Crippen LogP contribution in [0.1, 0.15) is 52.0 Å². The van der Waals surface area contributed by atoms with E-state index in [9.17, 15) is 19.7 Å². The molecule has 0 atom stereocenters. The summed E-state index contributed by atoms with van der Waals surface area (Å²) in [6, 6.07) is 6.04. The average molecular weight is 472 g/mol. The third-order valence-corrected chi connectivity index (χ3v) is 6.41. The molecule has 2 aliphatic rings. The first-order valence-corrected chi connectivity index (χ1v) is 11.8. The van der Waals surface area contributed by atoms with Crippen LogP contribution in [0.2, 0.25) is 0 Å². The smallest absolute Gasteiger partial charge is 0.336 e. The number of non-ortho nitro benzene ring substituents is 1. The van der Waals surface area contributed by atoms with Crippen LogP contribution in [0.25, 0.3) is 0 Å². The molecular weight excluding hydrogens is 438 g/mol. The Morgan fingerprint density at radius 1 is 1.00 bits per heavy atom. The van der Waals surface area contributed by atoms with Gasteiger partial charge in [-0.3, -0.25) is 10.1 Å². The number of hydrogen-bond acceptors (Lipinski definition) is 8. The molecule has 2 aliphatic heterocycles. The van der Waals surface area contributed by atoms with Crippen molar-refractivity contribution in [3.63, 3.8) is 0 Å². The summed E-state index contributed by atoms with van der Waals surface area (Å²) >= 11 is 0. The van der Waals surface area contributed by atoms with E-state index in [-0.39, 0.29) is 18.9 Å². The van der Waals surface area contributed by atoms with Crippen LogP contribution in [-0.4, -0.2) is 66.1 Å². The summed E-state index contributed by atoms with van der Waals surface area (Å²) in [6.07, 6.45) is 2.33. The molecular formula is C25H33N3O6. The monoisotopic (exact) mass is 471 g/mol. The number of nitrogens with zero attached hydrogens (tertiary/aromatic N) is 3. The molecule has 0 aromatic heterocycles. The van der Waals surface area contributed by atoms with Crippen molar-refractivity contribution < 1.29 is 24.0 Å². The quantitative estimate of drug-likeness (QED) is 0.305. The molecule has 0 bridgehead atoms. The standard InChI is InChI=1S/C25H33N3O6/c1-5-33-24(29)21-17(3)27(15-14-26-12-7-8-13-26)18(4)22(25(30)34-6-2)23(21)19-10-9-11-20(16-19)28(31)32/h9-11,16,23H,5-8,12-15H2,1-4H3. The second-order valence-electron chi connectivity index (χ2n) is 8.42. The van der Waals surface area contributed by atoms with E-state index in [1.807, 2.05) is 18.7 Å². The highest BCUT2D eigenvalue weighted by Crippen LogP contribution is 2.43. The van der Waals surface area contributed by atoms with E-state index in [2.05, 4.69) is 4.90 Å². The second kappa shape index (κ2) is 11.3. The molecule has 0 unspecified atom stereocenters. The van der Waals surface area contributed by atoms with Crippen LogP contribution in [0.4, 0.5) is 5.69 Å². The Labute approximate surface area is 200 Å². The molecule has 1 saturated heterocycles. The zero-order chi connectivity index (χ0) is 24.8. The van der Waals surface area contributed by atoms with Gasteiger partial charge in [0.1, 0.15) is 0 Å². The van der Waals surface area contributed by atoms with Crippen molar-refractivity contribution in [2.24, 2.45) is 0 Å². The maximum atomic E-state index is 13.2. The van der Waals surface area contributed by atoms with Gasteiger partial charge in [-0.1, -0.05) is 12.1 Å². The van der Waals surface area contributed by atoms with Crippen molar-refractivity contribution in [3.05, 3.63) is 62.5 Å². The number of hydrogen-bond donors (Lipinski definition) is 0. The van der Waals surface area contributed by atoms with Gasteiger partial charge in [-0.25, -0.2) is 9.59 Å². The summed E-state index contributed by atoms with van der Waals surface area (Å²) < 4.78 is 10.8. The first-order chi connectivity index (χ1) is 16.3. The zero-order valence-corrected chi connectivity index (χ0v) is 20.3. The fraction of sp³-hybridized carbons (Fsp3) is 0.520. The van der Waals surface area contributed by atoms with Gasteiger partial charge in [-0.05, 0) is 59.2 Å². The minimum absolute atomic E-state index is 0.115. The van der Waals surface area contributed by atoms with Crippen molar-refractivity contribution in [3.8, 4) is 0 Å². The largest absolute Gasteiger partial charge is 0.463 e. The number of carbonyl (C=O) groups is 2. The summed E-state index contributed by atoms with van der Waals surface area (Å²) in [5, 5.41) is 11.4. The molecule has 9 heteroatoms. The third kappa shape index (κ3) is 5.30. The first-order valence-electron chi connectivity index (χ1n) is 11.8. The van der Waals surface area contributed by atoms with Crippen molar-refractivity contribution in [1.82, 2.24) is 9.80 Å². The summed E-state index contributed by atoms with van der Waals surface area (Å²) in [6.45, 7) is 10.9. The second-order valence-corrected chi connectivity index (χ2v) is 8.42. The topological polar surface area (TPSA) is 102 Å². The maximum Gasteiger partial charge on any atom is 0.336 e. The van der Waals surface area contributed by atoms with E-state index in [0.717, 1.165) is 19.6 Å². The lowest BCUT2D eigenvalue weighted by molar-refractivity contribution is -0.384. The van der Waals surface area contributed by atoms with Gasteiger partial charge < -0.3 is 19.3 Å². The van der Waals surface area contributed by atoms with E-state index in [1.54, 1.807) is 26.0 Å². The molecule has 1 aromatic carbocycles. The number of likely N-dealkylation sites (tertiary alicyclic amines) is 1. The van der Waals surface area contributed by atoms with Gasteiger partial charge in [0.2, 0.25) is 0 Å².